The first-order chi connectivity index (χ1) is 10.1. The van der Waals surface area contributed by atoms with Gasteiger partial charge in [-0.25, -0.2) is 8.42 Å². The van der Waals surface area contributed by atoms with Crippen LogP contribution in [0.2, 0.25) is 0 Å². The molecule has 0 radical (unpaired) electrons. The molecule has 1 fully saturated rings. The Bertz CT molecular complexity index is 516. The first kappa shape index (κ1) is 16.5. The Labute approximate surface area is 127 Å². The lowest BCUT2D eigenvalue weighted by Crippen LogP contribution is -2.22. The van der Waals surface area contributed by atoms with Crippen molar-refractivity contribution < 1.29 is 17.9 Å². The normalized spacial score (nSPS) is 19.6. The summed E-state index contributed by atoms with van der Waals surface area (Å²) < 4.78 is 35.4. The van der Waals surface area contributed by atoms with Crippen LogP contribution in [0, 0.1) is 6.92 Å². The molecule has 0 aromatic heterocycles. The van der Waals surface area contributed by atoms with Crippen LogP contribution in [-0.4, -0.2) is 33.7 Å². The number of hydrogen-bond donors (Lipinski definition) is 0. The van der Waals surface area contributed by atoms with E-state index in [1.54, 1.807) is 12.1 Å². The standard InChI is InChI=1S/C16H24O4S/c1-14-7-9-15(10-8-14)21(17,18)13-5-4-12-20-16-6-2-3-11-19-16/h7-10,16H,2-6,11-13H2,1H3. The van der Waals surface area contributed by atoms with Gasteiger partial charge in [0.15, 0.2) is 16.1 Å². The maximum absolute atomic E-state index is 12.1. The molecule has 0 saturated carbocycles. The zero-order valence-electron chi connectivity index (χ0n) is 12.6. The molecule has 0 N–H and O–H groups in total. The minimum atomic E-state index is -3.17. The molecule has 21 heavy (non-hydrogen) atoms. The molecule has 1 atom stereocenters. The third-order valence-corrected chi connectivity index (χ3v) is 5.45. The van der Waals surface area contributed by atoms with E-state index in [0.717, 1.165) is 37.9 Å². The van der Waals surface area contributed by atoms with Gasteiger partial charge in [0.1, 0.15) is 0 Å². The molecular formula is C16H24O4S. The highest BCUT2D eigenvalue weighted by atomic mass is 32.2. The van der Waals surface area contributed by atoms with E-state index < -0.39 is 9.84 Å². The summed E-state index contributed by atoms with van der Waals surface area (Å²) in [5, 5.41) is 0. The van der Waals surface area contributed by atoms with Crippen molar-refractivity contribution in [2.24, 2.45) is 0 Å². The molecule has 1 heterocycles. The van der Waals surface area contributed by atoms with Gasteiger partial charge < -0.3 is 9.47 Å². The fourth-order valence-corrected chi connectivity index (χ4v) is 3.69. The second kappa shape index (κ2) is 7.92. The summed E-state index contributed by atoms with van der Waals surface area (Å²) in [6.07, 6.45) is 4.46. The van der Waals surface area contributed by atoms with Gasteiger partial charge in [-0.15, -0.1) is 0 Å². The van der Waals surface area contributed by atoms with Crippen molar-refractivity contribution in [2.45, 2.75) is 50.2 Å². The van der Waals surface area contributed by atoms with Gasteiger partial charge in [0.25, 0.3) is 0 Å². The quantitative estimate of drug-likeness (QED) is 0.726. The highest BCUT2D eigenvalue weighted by molar-refractivity contribution is 7.91. The molecule has 4 nitrogen and oxygen atoms in total. The molecule has 1 unspecified atom stereocenters. The number of benzene rings is 1. The van der Waals surface area contributed by atoms with Gasteiger partial charge in [-0.1, -0.05) is 17.7 Å². The predicted molar refractivity (Wildman–Crippen MR) is 82.0 cm³/mol. The minimum absolute atomic E-state index is 0.0903. The van der Waals surface area contributed by atoms with E-state index in [4.69, 9.17) is 9.47 Å². The van der Waals surface area contributed by atoms with E-state index in [2.05, 4.69) is 0 Å². The second-order valence-electron chi connectivity index (χ2n) is 5.51. The molecule has 5 heteroatoms. The number of unbranched alkanes of at least 4 members (excludes halogenated alkanes) is 1. The van der Waals surface area contributed by atoms with Crippen LogP contribution in [0.1, 0.15) is 37.7 Å². The molecule has 0 bridgehead atoms. The van der Waals surface area contributed by atoms with Crippen molar-refractivity contribution in [3.8, 4) is 0 Å². The summed E-state index contributed by atoms with van der Waals surface area (Å²) in [6.45, 7) is 3.28. The molecular weight excluding hydrogens is 288 g/mol. The Hall–Kier alpha value is -0.910. The number of hydrogen-bond acceptors (Lipinski definition) is 4. The van der Waals surface area contributed by atoms with Gasteiger partial charge >= 0.3 is 0 Å². The Morgan fingerprint density at radius 2 is 1.95 bits per heavy atom. The van der Waals surface area contributed by atoms with Crippen LogP contribution in [0.5, 0.6) is 0 Å². The second-order valence-corrected chi connectivity index (χ2v) is 7.62. The molecule has 118 valence electrons. The van der Waals surface area contributed by atoms with E-state index in [0.29, 0.717) is 17.9 Å². The molecule has 2 rings (SSSR count). The Morgan fingerprint density at radius 3 is 2.62 bits per heavy atom. The first-order valence-corrected chi connectivity index (χ1v) is 9.26. The van der Waals surface area contributed by atoms with Crippen molar-refractivity contribution in [1.29, 1.82) is 0 Å². The van der Waals surface area contributed by atoms with E-state index in [1.807, 2.05) is 19.1 Å². The van der Waals surface area contributed by atoms with Crippen LogP contribution in [-0.2, 0) is 19.3 Å². The smallest absolute Gasteiger partial charge is 0.178 e. The molecule has 1 aromatic carbocycles. The monoisotopic (exact) mass is 312 g/mol. The van der Waals surface area contributed by atoms with E-state index in [1.165, 1.54) is 0 Å². The molecule has 0 spiro atoms. The molecule has 1 aromatic rings. The van der Waals surface area contributed by atoms with Crippen LogP contribution in [0.25, 0.3) is 0 Å². The van der Waals surface area contributed by atoms with Crippen LogP contribution in [0.4, 0.5) is 0 Å². The van der Waals surface area contributed by atoms with Crippen molar-refractivity contribution in [3.05, 3.63) is 29.8 Å². The van der Waals surface area contributed by atoms with Gasteiger partial charge in [-0.2, -0.15) is 0 Å². The average Bonchev–Trinajstić information content (AvgIpc) is 2.48. The van der Waals surface area contributed by atoms with Crippen LogP contribution < -0.4 is 0 Å². The number of aryl methyl sites for hydroxylation is 1. The summed E-state index contributed by atoms with van der Waals surface area (Å²) in [5.41, 5.74) is 1.06. The Kier molecular flexibility index (Phi) is 6.21. The zero-order chi connectivity index (χ0) is 15.1. The maximum atomic E-state index is 12.1. The minimum Gasteiger partial charge on any atom is -0.353 e. The third-order valence-electron chi connectivity index (χ3n) is 3.63. The van der Waals surface area contributed by atoms with Gasteiger partial charge in [0, 0.05) is 13.2 Å². The van der Waals surface area contributed by atoms with Gasteiger partial charge in [0.05, 0.1) is 10.6 Å². The number of rotatable bonds is 7. The SMILES string of the molecule is Cc1ccc(S(=O)(=O)CCCCOC2CCCCO2)cc1. The summed E-state index contributed by atoms with van der Waals surface area (Å²) in [6, 6.07) is 7.01. The van der Waals surface area contributed by atoms with Crippen molar-refractivity contribution in [2.75, 3.05) is 19.0 Å². The van der Waals surface area contributed by atoms with E-state index in [9.17, 15) is 8.42 Å². The topological polar surface area (TPSA) is 52.6 Å². The van der Waals surface area contributed by atoms with Crippen molar-refractivity contribution >= 4 is 9.84 Å². The summed E-state index contributed by atoms with van der Waals surface area (Å²) in [5.74, 6) is 0.172. The first-order valence-electron chi connectivity index (χ1n) is 7.60. The molecule has 1 saturated heterocycles. The van der Waals surface area contributed by atoms with Gasteiger partial charge in [-0.3, -0.25) is 0 Å². The van der Waals surface area contributed by atoms with E-state index >= 15 is 0 Å². The lowest BCUT2D eigenvalue weighted by Gasteiger charge is -2.22. The van der Waals surface area contributed by atoms with Gasteiger partial charge in [-0.05, 0) is 51.2 Å². The number of sulfone groups is 1. The third kappa shape index (κ3) is 5.41. The Balaban J connectivity index is 1.68. The van der Waals surface area contributed by atoms with Crippen LogP contribution >= 0.6 is 0 Å². The molecule has 1 aliphatic heterocycles. The van der Waals surface area contributed by atoms with Crippen molar-refractivity contribution in [3.63, 3.8) is 0 Å². The fourth-order valence-electron chi connectivity index (χ4n) is 2.32. The van der Waals surface area contributed by atoms with E-state index in [-0.39, 0.29) is 12.0 Å². The summed E-state index contributed by atoms with van der Waals surface area (Å²) >= 11 is 0. The Morgan fingerprint density at radius 1 is 1.19 bits per heavy atom. The zero-order valence-corrected chi connectivity index (χ0v) is 13.4. The molecule has 0 amide bonds. The average molecular weight is 312 g/mol. The molecule has 0 aliphatic carbocycles. The highest BCUT2D eigenvalue weighted by Gasteiger charge is 2.15. The number of ether oxygens (including phenoxy) is 2. The van der Waals surface area contributed by atoms with Crippen LogP contribution in [0.3, 0.4) is 0 Å². The lowest BCUT2D eigenvalue weighted by atomic mass is 10.2. The lowest BCUT2D eigenvalue weighted by molar-refractivity contribution is -0.162. The van der Waals surface area contributed by atoms with Gasteiger partial charge in [0.2, 0.25) is 0 Å². The predicted octanol–water partition coefficient (Wildman–Crippen LogP) is 3.09. The van der Waals surface area contributed by atoms with Crippen molar-refractivity contribution in [1.82, 2.24) is 0 Å². The largest absolute Gasteiger partial charge is 0.353 e. The van der Waals surface area contributed by atoms with Crippen LogP contribution in [0.15, 0.2) is 29.2 Å². The summed E-state index contributed by atoms with van der Waals surface area (Å²) in [7, 11) is -3.17. The highest BCUT2D eigenvalue weighted by Crippen LogP contribution is 2.16. The maximum Gasteiger partial charge on any atom is 0.178 e. The molecule has 1 aliphatic rings. The summed E-state index contributed by atoms with van der Waals surface area (Å²) in [4.78, 5) is 0.407. The fraction of sp³-hybridized carbons (Fsp3) is 0.625.